The molecule has 0 saturated heterocycles. The minimum Gasteiger partial charge on any atom is -0.456 e. The van der Waals surface area contributed by atoms with Crippen molar-refractivity contribution >= 4 is 0 Å². The Morgan fingerprint density at radius 2 is 1.75 bits per heavy atom. The van der Waals surface area contributed by atoms with Gasteiger partial charge in [0.05, 0.1) is 18.2 Å². The molecular weight excluding hydrogens is 250 g/mol. The van der Waals surface area contributed by atoms with Crippen LogP contribution in [0.1, 0.15) is 27.8 Å². The van der Waals surface area contributed by atoms with E-state index in [2.05, 4.69) is 6.07 Å². The van der Waals surface area contributed by atoms with Gasteiger partial charge in [-0.25, -0.2) is 0 Å². The lowest BCUT2D eigenvalue weighted by Gasteiger charge is -2.15. The van der Waals surface area contributed by atoms with Crippen LogP contribution < -0.4 is 4.74 Å². The van der Waals surface area contributed by atoms with Gasteiger partial charge in [-0.1, -0.05) is 17.7 Å². The predicted octanol–water partition coefficient (Wildman–Crippen LogP) is 3.77. The van der Waals surface area contributed by atoms with Gasteiger partial charge in [-0.3, -0.25) is 0 Å². The first kappa shape index (κ1) is 14.1. The molecule has 0 bridgehead atoms. The fourth-order valence-corrected chi connectivity index (χ4v) is 2.22. The third-order valence-corrected chi connectivity index (χ3v) is 3.19. The summed E-state index contributed by atoms with van der Waals surface area (Å²) in [5.74, 6) is 1.39. The van der Waals surface area contributed by atoms with E-state index in [1.165, 1.54) is 0 Å². The molecule has 0 aliphatic rings. The first-order valence-electron chi connectivity index (χ1n) is 6.44. The minimum atomic E-state index is -0.0641. The minimum absolute atomic E-state index is 0.0641. The summed E-state index contributed by atoms with van der Waals surface area (Å²) in [5, 5.41) is 18.4. The molecule has 0 radical (unpaired) electrons. The standard InChI is InChI=1S/C17H17NO2/c1-11-4-5-16(15(6-11)10-19)20-17-12(2)7-14(9-18)8-13(17)3/h4-8,19H,10H2,1-3H3. The van der Waals surface area contributed by atoms with Crippen LogP contribution in [0.15, 0.2) is 30.3 Å². The van der Waals surface area contributed by atoms with Crippen molar-refractivity contribution in [2.75, 3.05) is 0 Å². The highest BCUT2D eigenvalue weighted by molar-refractivity contribution is 5.50. The molecule has 0 unspecified atom stereocenters. The average molecular weight is 267 g/mol. The van der Waals surface area contributed by atoms with Gasteiger partial charge < -0.3 is 9.84 Å². The van der Waals surface area contributed by atoms with Gasteiger partial charge >= 0.3 is 0 Å². The number of hydrogen-bond acceptors (Lipinski definition) is 3. The number of aliphatic hydroxyl groups excluding tert-OH is 1. The van der Waals surface area contributed by atoms with E-state index in [1.807, 2.05) is 39.0 Å². The van der Waals surface area contributed by atoms with E-state index in [9.17, 15) is 5.11 Å². The highest BCUT2D eigenvalue weighted by Gasteiger charge is 2.10. The van der Waals surface area contributed by atoms with Crippen molar-refractivity contribution in [3.63, 3.8) is 0 Å². The van der Waals surface area contributed by atoms with Gasteiger partial charge in [-0.2, -0.15) is 5.26 Å². The van der Waals surface area contributed by atoms with Crippen molar-refractivity contribution in [1.82, 2.24) is 0 Å². The summed E-state index contributed by atoms with van der Waals surface area (Å²) < 4.78 is 5.95. The van der Waals surface area contributed by atoms with Crippen molar-refractivity contribution in [2.45, 2.75) is 27.4 Å². The van der Waals surface area contributed by atoms with Gasteiger partial charge in [-0.05, 0) is 50.1 Å². The first-order valence-corrected chi connectivity index (χ1v) is 6.44. The molecule has 3 nitrogen and oxygen atoms in total. The summed E-state index contributed by atoms with van der Waals surface area (Å²) in [6, 6.07) is 11.4. The molecule has 0 heterocycles. The van der Waals surface area contributed by atoms with Crippen LogP contribution in [-0.4, -0.2) is 5.11 Å². The largest absolute Gasteiger partial charge is 0.456 e. The molecule has 0 atom stereocenters. The molecule has 1 N–H and O–H groups in total. The zero-order valence-electron chi connectivity index (χ0n) is 11.9. The van der Waals surface area contributed by atoms with E-state index < -0.39 is 0 Å². The zero-order valence-corrected chi connectivity index (χ0v) is 11.9. The van der Waals surface area contributed by atoms with Crippen LogP contribution in [0, 0.1) is 32.1 Å². The number of nitrogens with zero attached hydrogens (tertiary/aromatic N) is 1. The molecule has 0 saturated carbocycles. The molecule has 102 valence electrons. The number of ether oxygens (including phenoxy) is 1. The second-order valence-corrected chi connectivity index (χ2v) is 4.92. The number of nitriles is 1. The van der Waals surface area contributed by atoms with Crippen LogP contribution >= 0.6 is 0 Å². The van der Waals surface area contributed by atoms with Crippen LogP contribution in [0.2, 0.25) is 0 Å². The Morgan fingerprint density at radius 1 is 1.10 bits per heavy atom. The van der Waals surface area contributed by atoms with Crippen LogP contribution in [0.3, 0.4) is 0 Å². The lowest BCUT2D eigenvalue weighted by Crippen LogP contribution is -1.96. The van der Waals surface area contributed by atoms with E-state index in [-0.39, 0.29) is 6.61 Å². The Kier molecular flexibility index (Phi) is 4.07. The summed E-state index contributed by atoms with van der Waals surface area (Å²) in [5.41, 5.74) is 4.28. The molecule has 2 rings (SSSR count). The Bertz CT molecular complexity index is 661. The molecule has 0 spiro atoms. The predicted molar refractivity (Wildman–Crippen MR) is 77.8 cm³/mol. The van der Waals surface area contributed by atoms with Gasteiger partial charge in [0.15, 0.2) is 0 Å². The third-order valence-electron chi connectivity index (χ3n) is 3.19. The van der Waals surface area contributed by atoms with E-state index in [1.54, 1.807) is 12.1 Å². The highest BCUT2D eigenvalue weighted by Crippen LogP contribution is 2.32. The molecule has 0 aliphatic heterocycles. The van der Waals surface area contributed by atoms with E-state index in [4.69, 9.17) is 10.00 Å². The van der Waals surface area contributed by atoms with Crippen LogP contribution in [0.5, 0.6) is 11.5 Å². The normalized spacial score (nSPS) is 10.2. The van der Waals surface area contributed by atoms with Crippen molar-refractivity contribution in [3.8, 4) is 17.6 Å². The van der Waals surface area contributed by atoms with Crippen LogP contribution in [-0.2, 0) is 6.61 Å². The smallest absolute Gasteiger partial charge is 0.133 e. The molecule has 0 fully saturated rings. The fraction of sp³-hybridized carbons (Fsp3) is 0.235. The van der Waals surface area contributed by atoms with Gasteiger partial charge in [-0.15, -0.1) is 0 Å². The Morgan fingerprint density at radius 3 is 2.30 bits per heavy atom. The quantitative estimate of drug-likeness (QED) is 0.921. The monoisotopic (exact) mass is 267 g/mol. The van der Waals surface area contributed by atoms with Crippen molar-refractivity contribution < 1.29 is 9.84 Å². The van der Waals surface area contributed by atoms with Gasteiger partial charge in [0.2, 0.25) is 0 Å². The number of rotatable bonds is 3. The SMILES string of the molecule is Cc1ccc(Oc2c(C)cc(C#N)cc2C)c(CO)c1. The summed E-state index contributed by atoms with van der Waals surface area (Å²) in [7, 11) is 0. The second kappa shape index (κ2) is 5.77. The summed E-state index contributed by atoms with van der Waals surface area (Å²) in [4.78, 5) is 0. The molecule has 20 heavy (non-hydrogen) atoms. The van der Waals surface area contributed by atoms with Crippen LogP contribution in [0.25, 0.3) is 0 Å². The summed E-state index contributed by atoms with van der Waals surface area (Å²) in [6.45, 7) is 5.73. The van der Waals surface area contributed by atoms with Crippen molar-refractivity contribution in [3.05, 3.63) is 58.1 Å². The summed E-state index contributed by atoms with van der Waals surface area (Å²) in [6.07, 6.45) is 0. The van der Waals surface area contributed by atoms with Crippen molar-refractivity contribution in [2.24, 2.45) is 0 Å². The Hall–Kier alpha value is -2.31. The van der Waals surface area contributed by atoms with Gasteiger partial charge in [0, 0.05) is 5.56 Å². The number of aryl methyl sites for hydroxylation is 3. The van der Waals surface area contributed by atoms with E-state index in [0.717, 1.165) is 28.0 Å². The molecule has 2 aromatic carbocycles. The highest BCUT2D eigenvalue weighted by atomic mass is 16.5. The van der Waals surface area contributed by atoms with Crippen LogP contribution in [0.4, 0.5) is 0 Å². The molecule has 2 aromatic rings. The maximum absolute atomic E-state index is 9.42. The summed E-state index contributed by atoms with van der Waals surface area (Å²) >= 11 is 0. The average Bonchev–Trinajstić information content (AvgIpc) is 2.43. The number of hydrogen-bond donors (Lipinski definition) is 1. The Labute approximate surface area is 119 Å². The molecular formula is C17H17NO2. The molecule has 0 amide bonds. The maximum Gasteiger partial charge on any atom is 0.133 e. The fourth-order valence-electron chi connectivity index (χ4n) is 2.22. The van der Waals surface area contributed by atoms with E-state index >= 15 is 0 Å². The van der Waals surface area contributed by atoms with Gasteiger partial charge in [0.1, 0.15) is 11.5 Å². The van der Waals surface area contributed by atoms with E-state index in [0.29, 0.717) is 11.3 Å². The first-order chi connectivity index (χ1) is 9.55. The molecule has 3 heteroatoms. The van der Waals surface area contributed by atoms with Crippen molar-refractivity contribution in [1.29, 1.82) is 5.26 Å². The third kappa shape index (κ3) is 2.81. The zero-order chi connectivity index (χ0) is 14.7. The Balaban J connectivity index is 2.43. The number of aliphatic hydroxyl groups is 1. The molecule has 0 aliphatic carbocycles. The maximum atomic E-state index is 9.42. The second-order valence-electron chi connectivity index (χ2n) is 4.92. The molecule has 0 aromatic heterocycles. The number of benzene rings is 2. The lowest BCUT2D eigenvalue weighted by molar-refractivity contribution is 0.276. The van der Waals surface area contributed by atoms with Gasteiger partial charge in [0.25, 0.3) is 0 Å². The topological polar surface area (TPSA) is 53.2 Å². The lowest BCUT2D eigenvalue weighted by atomic mass is 10.1.